The Labute approximate surface area is 303 Å². The first-order valence-corrected chi connectivity index (χ1v) is 17.0. The van der Waals surface area contributed by atoms with Crippen LogP contribution in [-0.2, 0) is 66.5 Å². The molecule has 0 aliphatic rings. The lowest BCUT2D eigenvalue weighted by molar-refractivity contribution is -0.384. The van der Waals surface area contributed by atoms with Gasteiger partial charge < -0.3 is 61.9 Å². The number of ketones is 1. The normalized spacial score (nSPS) is 11.1. The maximum atomic E-state index is 11.4. The molecule has 1 N–H and O–H groups in total. The molecule has 0 atom stereocenters. The van der Waals surface area contributed by atoms with Crippen molar-refractivity contribution >= 4 is 23.4 Å². The van der Waals surface area contributed by atoms with Crippen molar-refractivity contribution in [3.63, 3.8) is 0 Å². The van der Waals surface area contributed by atoms with Crippen LogP contribution in [0.15, 0.2) is 24.3 Å². The van der Waals surface area contributed by atoms with Gasteiger partial charge in [0.1, 0.15) is 19.0 Å². The number of nitro groups is 1. The number of non-ortho nitro benzene ring substituents is 1. The molecule has 0 unspecified atom stereocenters. The van der Waals surface area contributed by atoms with Crippen LogP contribution in [0.1, 0.15) is 12.8 Å². The molecule has 19 nitrogen and oxygen atoms in total. The summed E-state index contributed by atoms with van der Waals surface area (Å²) < 4.78 is 64.4. The lowest BCUT2D eigenvalue weighted by Crippen LogP contribution is -2.17. The van der Waals surface area contributed by atoms with E-state index in [1.54, 1.807) is 12.1 Å². The Hall–Kier alpha value is -3.37. The summed E-state index contributed by atoms with van der Waals surface area (Å²) in [6.45, 7) is 8.53. The number of Topliss-reactive ketones (excluding diaryl/α,β-unsaturated/α-hetero) is 1. The third kappa shape index (κ3) is 30.3. The molecule has 1 aromatic carbocycles. The van der Waals surface area contributed by atoms with E-state index in [1.165, 1.54) is 12.1 Å². The zero-order valence-electron chi connectivity index (χ0n) is 29.6. The molecule has 298 valence electrons. The highest BCUT2D eigenvalue weighted by Crippen LogP contribution is 2.17. The topological polar surface area (TPSA) is 225 Å². The second-order valence-electron chi connectivity index (χ2n) is 10.2. The molecule has 0 amide bonds. The first-order chi connectivity index (χ1) is 25.4. The Kier molecular flexibility index (Phi) is 31.1. The first kappa shape index (κ1) is 46.7. The summed E-state index contributed by atoms with van der Waals surface area (Å²) in [7, 11) is 0. The number of carbonyl (C=O) groups is 3. The van der Waals surface area contributed by atoms with Gasteiger partial charge in [0.25, 0.3) is 5.69 Å². The number of carbonyl (C=O) groups excluding carboxylic acids is 2. The summed E-state index contributed by atoms with van der Waals surface area (Å²) in [4.78, 5) is 42.8. The second-order valence-corrected chi connectivity index (χ2v) is 10.2. The maximum absolute atomic E-state index is 11.4. The molecule has 1 aromatic rings. The highest BCUT2D eigenvalue weighted by Gasteiger charge is 2.14. The van der Waals surface area contributed by atoms with E-state index >= 15 is 0 Å². The molecule has 0 aliphatic carbocycles. The zero-order chi connectivity index (χ0) is 37.7. The minimum Gasteiger partial charge on any atom is -0.491 e. The van der Waals surface area contributed by atoms with E-state index in [0.29, 0.717) is 138 Å². The fourth-order valence-corrected chi connectivity index (χ4v) is 3.57. The van der Waals surface area contributed by atoms with Gasteiger partial charge in [-0.2, -0.15) is 0 Å². The average molecular weight is 752 g/mol. The first-order valence-electron chi connectivity index (χ1n) is 17.0. The number of esters is 1. The quantitative estimate of drug-likeness (QED) is 0.0327. The Bertz CT molecular complexity index is 1040. The van der Waals surface area contributed by atoms with Gasteiger partial charge in [0, 0.05) is 18.6 Å². The SMILES string of the molecule is O=C(CCC(=O)C(=O)O)OCCOCCOCCOCCOCCOCCOCCOCCOCCOCCOCCOc1ccc([N+](=O)[O-])cc1. The molecule has 52 heavy (non-hydrogen) atoms. The molecule has 0 saturated heterocycles. The summed E-state index contributed by atoms with van der Waals surface area (Å²) in [6, 6.07) is 5.87. The molecule has 0 aromatic heterocycles. The molecular formula is C33H53NO18. The van der Waals surface area contributed by atoms with Crippen LogP contribution in [0.5, 0.6) is 5.75 Å². The van der Waals surface area contributed by atoms with Crippen LogP contribution in [0.4, 0.5) is 5.69 Å². The number of rotatable bonds is 39. The zero-order valence-corrected chi connectivity index (χ0v) is 29.6. The van der Waals surface area contributed by atoms with Crippen LogP contribution >= 0.6 is 0 Å². The molecule has 0 fully saturated rings. The van der Waals surface area contributed by atoms with Crippen molar-refractivity contribution in [2.75, 3.05) is 145 Å². The van der Waals surface area contributed by atoms with Gasteiger partial charge >= 0.3 is 11.9 Å². The maximum Gasteiger partial charge on any atom is 0.372 e. The van der Waals surface area contributed by atoms with Crippen LogP contribution in [0.25, 0.3) is 0 Å². The Balaban J connectivity index is 1.67. The number of nitro benzene ring substituents is 1. The predicted molar refractivity (Wildman–Crippen MR) is 180 cm³/mol. The molecule has 19 heteroatoms. The molecule has 0 bridgehead atoms. The van der Waals surface area contributed by atoms with E-state index in [-0.39, 0.29) is 25.3 Å². The fraction of sp³-hybridized carbons (Fsp3) is 0.727. The van der Waals surface area contributed by atoms with E-state index in [2.05, 4.69) is 0 Å². The third-order valence-electron chi connectivity index (χ3n) is 6.18. The van der Waals surface area contributed by atoms with Crippen molar-refractivity contribution < 1.29 is 81.3 Å². The number of aliphatic carboxylic acids is 1. The van der Waals surface area contributed by atoms with E-state index in [1.807, 2.05) is 0 Å². The van der Waals surface area contributed by atoms with E-state index < -0.39 is 29.1 Å². The molecule has 0 radical (unpaired) electrons. The number of carboxylic acids is 1. The minimum absolute atomic E-state index is 0.00554. The second kappa shape index (κ2) is 34.7. The van der Waals surface area contributed by atoms with Gasteiger partial charge in [-0.3, -0.25) is 19.7 Å². The van der Waals surface area contributed by atoms with Crippen LogP contribution in [0, 0.1) is 10.1 Å². The van der Waals surface area contributed by atoms with Gasteiger partial charge in [0.15, 0.2) is 0 Å². The number of hydrogen-bond donors (Lipinski definition) is 1. The van der Waals surface area contributed by atoms with Crippen molar-refractivity contribution in [2.45, 2.75) is 12.8 Å². The number of ether oxygens (including phenoxy) is 12. The average Bonchev–Trinajstić information content (AvgIpc) is 3.14. The summed E-state index contributed by atoms with van der Waals surface area (Å²) in [6.07, 6.45) is -0.674. The number of carboxylic acid groups (broad SMARTS) is 1. The number of nitrogens with zero attached hydrogens (tertiary/aromatic N) is 1. The molecule has 0 heterocycles. The lowest BCUT2D eigenvalue weighted by atomic mass is 10.2. The summed E-state index contributed by atoms with van der Waals surface area (Å²) in [5.74, 6) is -2.71. The summed E-state index contributed by atoms with van der Waals surface area (Å²) >= 11 is 0. The van der Waals surface area contributed by atoms with Gasteiger partial charge in [-0.1, -0.05) is 0 Å². The van der Waals surface area contributed by atoms with Gasteiger partial charge in [-0.15, -0.1) is 0 Å². The molecular weight excluding hydrogens is 698 g/mol. The monoisotopic (exact) mass is 751 g/mol. The van der Waals surface area contributed by atoms with E-state index in [9.17, 15) is 24.5 Å². The van der Waals surface area contributed by atoms with Crippen LogP contribution in [0.2, 0.25) is 0 Å². The molecule has 0 aliphatic heterocycles. The fourth-order valence-electron chi connectivity index (χ4n) is 3.57. The van der Waals surface area contributed by atoms with Crippen LogP contribution in [-0.4, -0.2) is 173 Å². The number of benzene rings is 1. The van der Waals surface area contributed by atoms with Gasteiger partial charge in [-0.25, -0.2) is 4.79 Å². The minimum atomic E-state index is -1.57. The molecule has 1 rings (SSSR count). The highest BCUT2D eigenvalue weighted by atomic mass is 16.6. The van der Waals surface area contributed by atoms with Gasteiger partial charge in [0.05, 0.1) is 143 Å². The summed E-state index contributed by atoms with van der Waals surface area (Å²) in [5, 5.41) is 19.1. The van der Waals surface area contributed by atoms with Crippen molar-refractivity contribution in [3.8, 4) is 5.75 Å². The highest BCUT2D eigenvalue weighted by molar-refractivity contribution is 6.32. The Morgan fingerprint density at radius 3 is 1.10 bits per heavy atom. The van der Waals surface area contributed by atoms with Gasteiger partial charge in [0.2, 0.25) is 5.78 Å². The Morgan fingerprint density at radius 1 is 0.481 bits per heavy atom. The predicted octanol–water partition coefficient (Wildman–Crippen LogP) is 1.12. The van der Waals surface area contributed by atoms with Crippen molar-refractivity contribution in [3.05, 3.63) is 34.4 Å². The standard InChI is InChI=1S/C33H53NO18/c35-31(33(37)38)5-6-32(36)52-28-26-50-24-22-48-20-18-46-16-14-44-12-10-42-8-7-41-9-11-43-13-15-45-17-19-47-21-23-49-25-27-51-30-3-1-29(2-4-30)34(39)40/h1-4H,5-28H2,(H,37,38). The van der Waals surface area contributed by atoms with Crippen LogP contribution < -0.4 is 4.74 Å². The van der Waals surface area contributed by atoms with Crippen LogP contribution in [0.3, 0.4) is 0 Å². The van der Waals surface area contributed by atoms with E-state index in [0.717, 1.165) is 0 Å². The Morgan fingerprint density at radius 2 is 0.788 bits per heavy atom. The van der Waals surface area contributed by atoms with Crippen molar-refractivity contribution in [1.82, 2.24) is 0 Å². The summed E-state index contributed by atoms with van der Waals surface area (Å²) in [5.41, 5.74) is 0.0150. The van der Waals surface area contributed by atoms with E-state index in [4.69, 9.17) is 61.9 Å². The number of hydrogen-bond acceptors (Lipinski definition) is 17. The molecule has 0 spiro atoms. The largest absolute Gasteiger partial charge is 0.491 e. The molecule has 0 saturated carbocycles. The lowest BCUT2D eigenvalue weighted by Gasteiger charge is -2.09. The smallest absolute Gasteiger partial charge is 0.372 e. The van der Waals surface area contributed by atoms with Crippen molar-refractivity contribution in [2.24, 2.45) is 0 Å². The van der Waals surface area contributed by atoms with Gasteiger partial charge in [-0.05, 0) is 12.1 Å². The third-order valence-corrected chi connectivity index (χ3v) is 6.18. The van der Waals surface area contributed by atoms with Crippen molar-refractivity contribution in [1.29, 1.82) is 0 Å².